The first-order valence-electron chi connectivity index (χ1n) is 8.39. The minimum Gasteiger partial charge on any atom is -0.352 e. The number of hydrogen-bond acceptors (Lipinski definition) is 3. The van der Waals surface area contributed by atoms with Gasteiger partial charge in [-0.15, -0.1) is 11.8 Å². The van der Waals surface area contributed by atoms with Gasteiger partial charge in [-0.25, -0.2) is 0 Å². The number of amides is 1. The van der Waals surface area contributed by atoms with Gasteiger partial charge in [0.2, 0.25) is 5.91 Å². The Labute approximate surface area is 152 Å². The van der Waals surface area contributed by atoms with Gasteiger partial charge in [-0.3, -0.25) is 4.79 Å². The van der Waals surface area contributed by atoms with Crippen LogP contribution < -0.4 is 5.32 Å². The molecule has 1 aromatic carbocycles. The average molecular weight is 399 g/mol. The topological polar surface area (TPSA) is 32.3 Å². The van der Waals surface area contributed by atoms with Crippen LogP contribution in [-0.4, -0.2) is 41.7 Å². The van der Waals surface area contributed by atoms with Gasteiger partial charge >= 0.3 is 0 Å². The van der Waals surface area contributed by atoms with Crippen molar-refractivity contribution in [2.24, 2.45) is 5.92 Å². The molecule has 1 amide bonds. The Morgan fingerprint density at radius 3 is 2.43 bits per heavy atom. The molecule has 1 aliphatic rings. The first kappa shape index (κ1) is 18.8. The van der Waals surface area contributed by atoms with Gasteiger partial charge in [-0.05, 0) is 49.9 Å². The summed E-state index contributed by atoms with van der Waals surface area (Å²) in [5, 5.41) is 3.16. The average Bonchev–Trinajstić information content (AvgIpc) is 2.51. The van der Waals surface area contributed by atoms with Crippen molar-refractivity contribution in [1.82, 2.24) is 10.2 Å². The van der Waals surface area contributed by atoms with Crippen molar-refractivity contribution < 1.29 is 4.79 Å². The lowest BCUT2D eigenvalue weighted by molar-refractivity contribution is -0.121. The largest absolute Gasteiger partial charge is 0.352 e. The predicted octanol–water partition coefficient (Wildman–Crippen LogP) is 4.17. The van der Waals surface area contributed by atoms with E-state index in [0.29, 0.717) is 12.0 Å². The van der Waals surface area contributed by atoms with Crippen molar-refractivity contribution >= 4 is 33.6 Å². The van der Waals surface area contributed by atoms with Crippen molar-refractivity contribution in [2.75, 3.05) is 19.6 Å². The van der Waals surface area contributed by atoms with Crippen LogP contribution in [0.1, 0.15) is 33.6 Å². The summed E-state index contributed by atoms with van der Waals surface area (Å²) in [6, 6.07) is 8.44. The molecule has 2 rings (SSSR count). The molecule has 0 saturated carbocycles. The molecular formula is C18H27BrN2OS. The van der Waals surface area contributed by atoms with Gasteiger partial charge in [-0.1, -0.05) is 29.8 Å². The fourth-order valence-corrected chi connectivity index (χ4v) is 4.01. The SMILES string of the molecule is CC(C)CN1CCC(NC(=O)[C@H](C)Sc2ccc(Br)cc2)CC1. The molecule has 5 heteroatoms. The summed E-state index contributed by atoms with van der Waals surface area (Å²) < 4.78 is 1.06. The second-order valence-corrected chi connectivity index (χ2v) is 9.02. The van der Waals surface area contributed by atoms with Crippen LogP contribution in [0.25, 0.3) is 0 Å². The summed E-state index contributed by atoms with van der Waals surface area (Å²) in [6.45, 7) is 9.85. The molecule has 0 spiro atoms. The highest BCUT2D eigenvalue weighted by atomic mass is 79.9. The van der Waals surface area contributed by atoms with E-state index in [-0.39, 0.29) is 11.2 Å². The van der Waals surface area contributed by atoms with Crippen molar-refractivity contribution in [3.05, 3.63) is 28.7 Å². The van der Waals surface area contributed by atoms with Crippen LogP contribution >= 0.6 is 27.7 Å². The monoisotopic (exact) mass is 398 g/mol. The zero-order valence-electron chi connectivity index (χ0n) is 14.2. The first-order chi connectivity index (χ1) is 10.9. The fraction of sp³-hybridized carbons (Fsp3) is 0.611. The van der Waals surface area contributed by atoms with Crippen molar-refractivity contribution in [3.63, 3.8) is 0 Å². The molecule has 1 N–H and O–H groups in total. The summed E-state index contributed by atoms with van der Waals surface area (Å²) in [7, 11) is 0. The highest BCUT2D eigenvalue weighted by molar-refractivity contribution is 9.10. The number of halogens is 1. The lowest BCUT2D eigenvalue weighted by atomic mass is 10.0. The Morgan fingerprint density at radius 2 is 1.87 bits per heavy atom. The number of rotatable bonds is 6. The van der Waals surface area contributed by atoms with E-state index in [1.807, 2.05) is 31.2 Å². The quantitative estimate of drug-likeness (QED) is 0.729. The van der Waals surface area contributed by atoms with E-state index < -0.39 is 0 Å². The van der Waals surface area contributed by atoms with Crippen LogP contribution in [0.2, 0.25) is 0 Å². The highest BCUT2D eigenvalue weighted by Gasteiger charge is 2.23. The van der Waals surface area contributed by atoms with E-state index in [0.717, 1.165) is 41.8 Å². The van der Waals surface area contributed by atoms with E-state index in [4.69, 9.17) is 0 Å². The second kappa shape index (κ2) is 9.09. The van der Waals surface area contributed by atoms with E-state index in [2.05, 4.69) is 40.0 Å². The molecule has 1 aromatic rings. The van der Waals surface area contributed by atoms with Gasteiger partial charge in [0, 0.05) is 35.0 Å². The molecule has 0 aliphatic carbocycles. The van der Waals surface area contributed by atoms with Gasteiger partial charge in [0.25, 0.3) is 0 Å². The maximum absolute atomic E-state index is 12.4. The fourth-order valence-electron chi connectivity index (χ4n) is 2.87. The van der Waals surface area contributed by atoms with Gasteiger partial charge < -0.3 is 10.2 Å². The van der Waals surface area contributed by atoms with Crippen molar-refractivity contribution in [1.29, 1.82) is 0 Å². The zero-order chi connectivity index (χ0) is 16.8. The van der Waals surface area contributed by atoms with Crippen LogP contribution in [0.15, 0.2) is 33.6 Å². The number of piperidine rings is 1. The van der Waals surface area contributed by atoms with Crippen molar-refractivity contribution in [2.45, 2.75) is 49.8 Å². The van der Waals surface area contributed by atoms with Crippen molar-refractivity contribution in [3.8, 4) is 0 Å². The lowest BCUT2D eigenvalue weighted by Crippen LogP contribution is -2.47. The maximum Gasteiger partial charge on any atom is 0.233 e. The molecule has 23 heavy (non-hydrogen) atoms. The second-order valence-electron chi connectivity index (χ2n) is 6.69. The molecule has 1 fully saturated rings. The Balaban J connectivity index is 1.75. The highest BCUT2D eigenvalue weighted by Crippen LogP contribution is 2.25. The molecule has 0 unspecified atom stereocenters. The number of likely N-dealkylation sites (tertiary alicyclic amines) is 1. The van der Waals surface area contributed by atoms with Gasteiger partial charge in [0.15, 0.2) is 0 Å². The molecule has 1 heterocycles. The standard InChI is InChI=1S/C18H27BrN2OS/c1-13(2)12-21-10-8-16(9-11-21)20-18(22)14(3)23-17-6-4-15(19)5-7-17/h4-7,13-14,16H,8-12H2,1-3H3,(H,20,22)/t14-/m0/s1. The molecule has 0 radical (unpaired) electrons. The Morgan fingerprint density at radius 1 is 1.26 bits per heavy atom. The molecule has 3 nitrogen and oxygen atoms in total. The summed E-state index contributed by atoms with van der Waals surface area (Å²) in [5.41, 5.74) is 0. The number of benzene rings is 1. The van der Waals surface area contributed by atoms with Gasteiger partial charge in [0.1, 0.15) is 0 Å². The first-order valence-corrected chi connectivity index (χ1v) is 10.1. The third-order valence-corrected chi connectivity index (χ3v) is 5.69. The molecular weight excluding hydrogens is 372 g/mol. The summed E-state index contributed by atoms with van der Waals surface area (Å²) >= 11 is 5.05. The number of carbonyl (C=O) groups is 1. The minimum absolute atomic E-state index is 0.0649. The third-order valence-electron chi connectivity index (χ3n) is 4.05. The number of nitrogens with one attached hydrogen (secondary N) is 1. The predicted molar refractivity (Wildman–Crippen MR) is 102 cm³/mol. The number of hydrogen-bond donors (Lipinski definition) is 1. The molecule has 0 aromatic heterocycles. The van der Waals surface area contributed by atoms with Crippen LogP contribution in [-0.2, 0) is 4.79 Å². The Hall–Kier alpha value is -0.520. The molecule has 128 valence electrons. The van der Waals surface area contributed by atoms with E-state index in [1.54, 1.807) is 11.8 Å². The van der Waals surface area contributed by atoms with E-state index in [9.17, 15) is 4.79 Å². The molecule has 1 saturated heterocycles. The maximum atomic E-state index is 12.4. The lowest BCUT2D eigenvalue weighted by Gasteiger charge is -2.33. The number of nitrogens with zero attached hydrogens (tertiary/aromatic N) is 1. The summed E-state index contributed by atoms with van der Waals surface area (Å²) in [5.74, 6) is 0.865. The Kier molecular flexibility index (Phi) is 7.44. The van der Waals surface area contributed by atoms with Crippen LogP contribution in [0.4, 0.5) is 0 Å². The van der Waals surface area contributed by atoms with Crippen LogP contribution in [0, 0.1) is 5.92 Å². The number of thioether (sulfide) groups is 1. The molecule has 1 aliphatic heterocycles. The molecule has 1 atom stereocenters. The number of carbonyl (C=O) groups excluding carboxylic acids is 1. The third kappa shape index (κ3) is 6.48. The van der Waals surface area contributed by atoms with Crippen LogP contribution in [0.3, 0.4) is 0 Å². The smallest absolute Gasteiger partial charge is 0.233 e. The van der Waals surface area contributed by atoms with E-state index in [1.165, 1.54) is 0 Å². The van der Waals surface area contributed by atoms with Gasteiger partial charge in [0.05, 0.1) is 5.25 Å². The molecule has 0 bridgehead atoms. The minimum atomic E-state index is -0.0649. The van der Waals surface area contributed by atoms with E-state index >= 15 is 0 Å². The normalized spacial score (nSPS) is 18.1. The summed E-state index contributed by atoms with van der Waals surface area (Å²) in [4.78, 5) is 16.0. The zero-order valence-corrected chi connectivity index (χ0v) is 16.6. The van der Waals surface area contributed by atoms with Crippen LogP contribution in [0.5, 0.6) is 0 Å². The summed E-state index contributed by atoms with van der Waals surface area (Å²) in [6.07, 6.45) is 2.13. The Bertz CT molecular complexity index is 498. The van der Waals surface area contributed by atoms with Gasteiger partial charge in [-0.2, -0.15) is 0 Å².